The third kappa shape index (κ3) is 5.39. The molecule has 0 atom stereocenters. The van der Waals surface area contributed by atoms with Crippen LogP contribution in [0.4, 0.5) is 5.69 Å². The highest BCUT2D eigenvalue weighted by Crippen LogP contribution is 2.09. The van der Waals surface area contributed by atoms with E-state index in [1.54, 1.807) is 10.9 Å². The highest BCUT2D eigenvalue weighted by Gasteiger charge is 2.13. The first-order valence-electron chi connectivity index (χ1n) is 6.92. The van der Waals surface area contributed by atoms with Gasteiger partial charge in [0.2, 0.25) is 5.91 Å². The van der Waals surface area contributed by atoms with Crippen LogP contribution in [0.2, 0.25) is 0 Å². The van der Waals surface area contributed by atoms with E-state index in [1.165, 1.54) is 0 Å². The molecule has 0 spiro atoms. The van der Waals surface area contributed by atoms with E-state index in [4.69, 9.17) is 4.74 Å². The molecule has 0 bridgehead atoms. The van der Waals surface area contributed by atoms with Crippen molar-refractivity contribution in [2.24, 2.45) is 0 Å². The Kier molecular flexibility index (Phi) is 4.75. The second kappa shape index (κ2) is 6.54. The van der Waals surface area contributed by atoms with Gasteiger partial charge in [-0.15, -0.1) is 0 Å². The number of hydrogen-bond acceptors (Lipinski definition) is 3. The molecule has 5 heteroatoms. The summed E-state index contributed by atoms with van der Waals surface area (Å²) in [4.78, 5) is 11.8. The summed E-state index contributed by atoms with van der Waals surface area (Å²) in [5.74, 6) is -0.177. The summed E-state index contributed by atoms with van der Waals surface area (Å²) in [7, 11) is 0. The van der Waals surface area contributed by atoms with E-state index >= 15 is 0 Å². The Balaban J connectivity index is 1.87. The number of amides is 1. The topological polar surface area (TPSA) is 56.1 Å². The lowest BCUT2D eigenvalue weighted by atomic mass is 10.2. The van der Waals surface area contributed by atoms with Gasteiger partial charge < -0.3 is 10.1 Å². The van der Waals surface area contributed by atoms with Crippen molar-refractivity contribution >= 4 is 11.6 Å². The molecule has 1 aromatic heterocycles. The van der Waals surface area contributed by atoms with Crippen LogP contribution >= 0.6 is 0 Å². The van der Waals surface area contributed by atoms with E-state index < -0.39 is 0 Å². The normalized spacial score (nSPS) is 11.4. The summed E-state index contributed by atoms with van der Waals surface area (Å²) in [5, 5.41) is 7.01. The molecule has 2 aromatic rings. The SMILES string of the molecule is CC(C)(C)OCC(=O)Nc1cnn(Cc2ccccc2)c1. The van der Waals surface area contributed by atoms with Crippen molar-refractivity contribution < 1.29 is 9.53 Å². The first-order valence-corrected chi connectivity index (χ1v) is 6.92. The Morgan fingerprint density at radius 1 is 1.29 bits per heavy atom. The van der Waals surface area contributed by atoms with Crippen molar-refractivity contribution in [2.45, 2.75) is 32.9 Å². The van der Waals surface area contributed by atoms with Crippen LogP contribution < -0.4 is 5.32 Å². The van der Waals surface area contributed by atoms with Crippen molar-refractivity contribution in [3.63, 3.8) is 0 Å². The average Bonchev–Trinajstić information content (AvgIpc) is 2.84. The number of hydrogen-bond donors (Lipinski definition) is 1. The lowest BCUT2D eigenvalue weighted by Gasteiger charge is -2.18. The van der Waals surface area contributed by atoms with E-state index in [0.717, 1.165) is 5.56 Å². The minimum atomic E-state index is -0.325. The zero-order chi connectivity index (χ0) is 15.3. The summed E-state index contributed by atoms with van der Waals surface area (Å²) in [5.41, 5.74) is 1.51. The number of carbonyl (C=O) groups excluding carboxylic acids is 1. The Hall–Kier alpha value is -2.14. The Labute approximate surface area is 124 Å². The summed E-state index contributed by atoms with van der Waals surface area (Å²) in [6.07, 6.45) is 3.44. The molecule has 1 amide bonds. The highest BCUT2D eigenvalue weighted by atomic mass is 16.5. The van der Waals surface area contributed by atoms with Gasteiger partial charge >= 0.3 is 0 Å². The number of aromatic nitrogens is 2. The second-order valence-corrected chi connectivity index (χ2v) is 5.86. The summed E-state index contributed by atoms with van der Waals surface area (Å²) >= 11 is 0. The molecule has 0 radical (unpaired) electrons. The first kappa shape index (κ1) is 15.3. The summed E-state index contributed by atoms with van der Waals surface area (Å²) < 4.78 is 7.21. The summed E-state index contributed by atoms with van der Waals surface area (Å²) in [6, 6.07) is 10.0. The standard InChI is InChI=1S/C16H21N3O2/c1-16(2,3)21-12-15(20)18-14-9-17-19(11-14)10-13-7-5-4-6-8-13/h4-9,11H,10,12H2,1-3H3,(H,18,20). The number of ether oxygens (including phenoxy) is 1. The minimum Gasteiger partial charge on any atom is -0.366 e. The fourth-order valence-corrected chi connectivity index (χ4v) is 1.76. The molecule has 112 valence electrons. The average molecular weight is 287 g/mol. The first-order chi connectivity index (χ1) is 9.92. The maximum absolute atomic E-state index is 11.8. The van der Waals surface area contributed by atoms with Crippen LogP contribution in [0.1, 0.15) is 26.3 Å². The largest absolute Gasteiger partial charge is 0.366 e. The molecule has 2 rings (SSSR count). The number of rotatable bonds is 5. The molecule has 1 N–H and O–H groups in total. The van der Waals surface area contributed by atoms with Crippen LogP contribution in [0.15, 0.2) is 42.7 Å². The van der Waals surface area contributed by atoms with Gasteiger partial charge in [0.25, 0.3) is 0 Å². The van der Waals surface area contributed by atoms with E-state index in [9.17, 15) is 4.79 Å². The monoisotopic (exact) mass is 287 g/mol. The van der Waals surface area contributed by atoms with Gasteiger partial charge in [-0.2, -0.15) is 5.10 Å². The molecular weight excluding hydrogens is 266 g/mol. The fourth-order valence-electron chi connectivity index (χ4n) is 1.76. The zero-order valence-corrected chi connectivity index (χ0v) is 12.7. The smallest absolute Gasteiger partial charge is 0.250 e. The van der Waals surface area contributed by atoms with Gasteiger partial charge in [-0.05, 0) is 26.3 Å². The Morgan fingerprint density at radius 3 is 2.67 bits per heavy atom. The maximum Gasteiger partial charge on any atom is 0.250 e. The molecule has 5 nitrogen and oxygen atoms in total. The molecule has 0 aliphatic carbocycles. The van der Waals surface area contributed by atoms with Crippen LogP contribution in [-0.2, 0) is 16.1 Å². The third-order valence-corrected chi connectivity index (χ3v) is 2.74. The van der Waals surface area contributed by atoms with E-state index in [2.05, 4.69) is 10.4 Å². The number of anilines is 1. The van der Waals surface area contributed by atoms with Gasteiger partial charge in [-0.25, -0.2) is 0 Å². The lowest BCUT2D eigenvalue weighted by Crippen LogP contribution is -2.27. The van der Waals surface area contributed by atoms with Gasteiger partial charge in [0.15, 0.2) is 0 Å². The predicted molar refractivity (Wildman–Crippen MR) is 82.1 cm³/mol. The molecule has 0 fully saturated rings. The van der Waals surface area contributed by atoms with Crippen LogP contribution in [0.5, 0.6) is 0 Å². The number of benzene rings is 1. The minimum absolute atomic E-state index is 0.0351. The van der Waals surface area contributed by atoms with Crippen LogP contribution in [0, 0.1) is 0 Å². The zero-order valence-electron chi connectivity index (χ0n) is 12.7. The summed E-state index contributed by atoms with van der Waals surface area (Å²) in [6.45, 7) is 6.46. The number of nitrogens with one attached hydrogen (secondary N) is 1. The van der Waals surface area contributed by atoms with Crippen molar-refractivity contribution in [3.8, 4) is 0 Å². The molecule has 0 aliphatic heterocycles. The molecule has 0 saturated heterocycles. The van der Waals surface area contributed by atoms with Gasteiger partial charge in [0.1, 0.15) is 6.61 Å². The van der Waals surface area contributed by atoms with E-state index in [1.807, 2.05) is 57.3 Å². The quantitative estimate of drug-likeness (QED) is 0.920. The Bertz CT molecular complexity index is 585. The van der Waals surface area contributed by atoms with Crippen molar-refractivity contribution in [3.05, 3.63) is 48.3 Å². The third-order valence-electron chi connectivity index (χ3n) is 2.74. The van der Waals surface area contributed by atoms with Gasteiger partial charge in [0, 0.05) is 6.20 Å². The van der Waals surface area contributed by atoms with Crippen molar-refractivity contribution in [2.75, 3.05) is 11.9 Å². The Morgan fingerprint density at radius 2 is 2.00 bits per heavy atom. The van der Waals surface area contributed by atoms with Crippen LogP contribution in [0.25, 0.3) is 0 Å². The van der Waals surface area contributed by atoms with E-state index in [-0.39, 0.29) is 18.1 Å². The molecule has 0 aliphatic rings. The maximum atomic E-state index is 11.8. The molecule has 0 saturated carbocycles. The van der Waals surface area contributed by atoms with Crippen LogP contribution in [0.3, 0.4) is 0 Å². The van der Waals surface area contributed by atoms with Crippen molar-refractivity contribution in [1.29, 1.82) is 0 Å². The molecular formula is C16H21N3O2. The lowest BCUT2D eigenvalue weighted by molar-refractivity contribution is -0.125. The second-order valence-electron chi connectivity index (χ2n) is 5.86. The van der Waals surface area contributed by atoms with Gasteiger partial charge in [-0.3, -0.25) is 9.48 Å². The molecule has 1 heterocycles. The van der Waals surface area contributed by atoms with Crippen LogP contribution in [-0.4, -0.2) is 27.9 Å². The molecule has 0 unspecified atom stereocenters. The fraction of sp³-hybridized carbons (Fsp3) is 0.375. The van der Waals surface area contributed by atoms with Crippen molar-refractivity contribution in [1.82, 2.24) is 9.78 Å². The molecule has 1 aromatic carbocycles. The van der Waals surface area contributed by atoms with E-state index in [0.29, 0.717) is 12.2 Å². The number of nitrogens with zero attached hydrogens (tertiary/aromatic N) is 2. The number of carbonyl (C=O) groups is 1. The molecule has 21 heavy (non-hydrogen) atoms. The predicted octanol–water partition coefficient (Wildman–Crippen LogP) is 2.69. The highest BCUT2D eigenvalue weighted by molar-refractivity contribution is 5.91. The van der Waals surface area contributed by atoms with Gasteiger partial charge in [0.05, 0.1) is 24.0 Å². The van der Waals surface area contributed by atoms with Gasteiger partial charge in [-0.1, -0.05) is 30.3 Å².